The predicted molar refractivity (Wildman–Crippen MR) is 104 cm³/mol. The molecule has 0 spiro atoms. The zero-order chi connectivity index (χ0) is 21.4. The van der Waals surface area contributed by atoms with Crippen LogP contribution in [0, 0.1) is 0 Å². The molecule has 0 bridgehead atoms. The Morgan fingerprint density at radius 1 is 1.17 bits per heavy atom. The van der Waals surface area contributed by atoms with Crippen molar-refractivity contribution in [2.45, 2.75) is 25.6 Å². The molecule has 0 amide bonds. The van der Waals surface area contributed by atoms with Crippen molar-refractivity contribution in [1.29, 1.82) is 0 Å². The van der Waals surface area contributed by atoms with Gasteiger partial charge >= 0.3 is 12.1 Å². The summed E-state index contributed by atoms with van der Waals surface area (Å²) >= 11 is 0. The van der Waals surface area contributed by atoms with Crippen molar-refractivity contribution in [2.24, 2.45) is 0 Å². The van der Waals surface area contributed by atoms with E-state index in [9.17, 15) is 18.3 Å². The van der Waals surface area contributed by atoms with Gasteiger partial charge in [0.1, 0.15) is 0 Å². The van der Waals surface area contributed by atoms with E-state index in [0.717, 1.165) is 24.3 Å². The van der Waals surface area contributed by atoms with Crippen LogP contribution in [0.2, 0.25) is 0 Å². The van der Waals surface area contributed by atoms with Gasteiger partial charge in [-0.05, 0) is 42.7 Å². The first-order valence-electron chi connectivity index (χ1n) is 8.96. The maximum atomic E-state index is 10.6. The van der Waals surface area contributed by atoms with Crippen molar-refractivity contribution in [3.8, 4) is 11.5 Å². The van der Waals surface area contributed by atoms with Crippen molar-refractivity contribution in [2.75, 3.05) is 30.4 Å². The summed E-state index contributed by atoms with van der Waals surface area (Å²) < 4.78 is 36.8. The minimum absolute atomic E-state index is 0.176. The summed E-state index contributed by atoms with van der Waals surface area (Å²) in [5.41, 5.74) is 3.42. The highest BCUT2D eigenvalue weighted by molar-refractivity contribution is 5.73. The number of aromatic hydroxyl groups is 1. The van der Waals surface area contributed by atoms with Gasteiger partial charge in [0.25, 0.3) is 0 Å². The number of para-hydroxylation sites is 2. The summed E-state index contributed by atoms with van der Waals surface area (Å²) in [5, 5.41) is 20.5. The van der Waals surface area contributed by atoms with E-state index in [1.54, 1.807) is 19.2 Å². The van der Waals surface area contributed by atoms with Crippen LogP contribution >= 0.6 is 0 Å². The van der Waals surface area contributed by atoms with Crippen LogP contribution in [0.5, 0.6) is 11.5 Å². The van der Waals surface area contributed by atoms with Crippen LogP contribution in [-0.4, -0.2) is 42.6 Å². The summed E-state index contributed by atoms with van der Waals surface area (Å²) in [5.74, 6) is -2.08. The zero-order valence-corrected chi connectivity index (χ0v) is 15.9. The minimum Gasteiger partial charge on any atom is -0.504 e. The molecule has 0 atom stereocenters. The lowest BCUT2D eigenvalue weighted by Crippen LogP contribution is -2.21. The van der Waals surface area contributed by atoms with Crippen molar-refractivity contribution < 1.29 is 32.9 Å². The smallest absolute Gasteiger partial charge is 0.490 e. The number of benzene rings is 2. The number of carboxylic acids is 1. The molecule has 3 N–H and O–H groups in total. The predicted octanol–water partition coefficient (Wildman–Crippen LogP) is 4.25. The third-order valence-corrected chi connectivity index (χ3v) is 4.32. The van der Waals surface area contributed by atoms with Gasteiger partial charge in [0.05, 0.1) is 18.5 Å². The van der Waals surface area contributed by atoms with Gasteiger partial charge in [-0.25, -0.2) is 4.79 Å². The number of hydrogen-bond acceptors (Lipinski definition) is 5. The van der Waals surface area contributed by atoms with Crippen LogP contribution in [0.1, 0.15) is 18.4 Å². The van der Waals surface area contributed by atoms with Gasteiger partial charge in [-0.2, -0.15) is 13.2 Å². The average molecular weight is 412 g/mol. The number of alkyl halides is 3. The molecule has 6 nitrogen and oxygen atoms in total. The molecule has 1 aliphatic rings. The largest absolute Gasteiger partial charge is 0.504 e. The Kier molecular flexibility index (Phi) is 7.58. The minimum atomic E-state index is -5.08. The fourth-order valence-electron chi connectivity index (χ4n) is 2.90. The number of hydrogen-bond donors (Lipinski definition) is 3. The average Bonchev–Trinajstić information content (AvgIpc) is 3.21. The fourth-order valence-corrected chi connectivity index (χ4v) is 2.90. The lowest BCUT2D eigenvalue weighted by molar-refractivity contribution is -0.192. The number of phenolic OH excluding ortho intramolecular Hbond substituents is 1. The molecule has 3 rings (SSSR count). The van der Waals surface area contributed by atoms with Crippen LogP contribution in [0.3, 0.4) is 0 Å². The maximum absolute atomic E-state index is 10.6. The van der Waals surface area contributed by atoms with Crippen LogP contribution in [0.25, 0.3) is 0 Å². The molecule has 1 heterocycles. The van der Waals surface area contributed by atoms with Gasteiger partial charge in [-0.15, -0.1) is 0 Å². The van der Waals surface area contributed by atoms with Gasteiger partial charge in [0, 0.05) is 19.6 Å². The molecule has 0 saturated carbocycles. The molecule has 9 heteroatoms. The number of rotatable bonds is 5. The molecule has 0 aromatic heterocycles. The molecule has 1 saturated heterocycles. The Balaban J connectivity index is 0.000000370. The van der Waals surface area contributed by atoms with Crippen molar-refractivity contribution in [3.05, 3.63) is 48.0 Å². The first kappa shape index (κ1) is 22.2. The third kappa shape index (κ3) is 6.48. The summed E-state index contributed by atoms with van der Waals surface area (Å²) in [6, 6.07) is 13.9. The SMILES string of the molecule is COc1ccc(CNc2ccccc2N2CCCC2)cc1O.O=C(O)C(F)(F)F. The van der Waals surface area contributed by atoms with Crippen molar-refractivity contribution >= 4 is 17.3 Å². The van der Waals surface area contributed by atoms with Crippen LogP contribution in [-0.2, 0) is 11.3 Å². The molecule has 1 aliphatic heterocycles. The first-order valence-corrected chi connectivity index (χ1v) is 8.96. The first-order chi connectivity index (χ1) is 13.7. The van der Waals surface area contributed by atoms with Crippen LogP contribution < -0.4 is 15.0 Å². The maximum Gasteiger partial charge on any atom is 0.490 e. The fraction of sp³-hybridized carbons (Fsp3) is 0.350. The Hall–Kier alpha value is -3.10. The molecule has 2 aromatic carbocycles. The summed E-state index contributed by atoms with van der Waals surface area (Å²) in [6.07, 6.45) is -2.55. The second-order valence-electron chi connectivity index (χ2n) is 6.37. The van der Waals surface area contributed by atoms with E-state index in [1.165, 1.54) is 18.5 Å². The lowest BCUT2D eigenvalue weighted by Gasteiger charge is -2.22. The molecule has 0 radical (unpaired) electrons. The molecule has 1 fully saturated rings. The zero-order valence-electron chi connectivity index (χ0n) is 15.9. The Morgan fingerprint density at radius 2 is 1.79 bits per heavy atom. The number of carboxylic acid groups (broad SMARTS) is 1. The highest BCUT2D eigenvalue weighted by Gasteiger charge is 2.38. The normalized spacial score (nSPS) is 13.4. The lowest BCUT2D eigenvalue weighted by atomic mass is 10.2. The van der Waals surface area contributed by atoms with E-state index < -0.39 is 12.1 Å². The number of anilines is 2. The van der Waals surface area contributed by atoms with Gasteiger partial charge in [-0.1, -0.05) is 18.2 Å². The molecule has 29 heavy (non-hydrogen) atoms. The quantitative estimate of drug-likeness (QED) is 0.681. The number of aliphatic carboxylic acids is 1. The number of phenols is 1. The number of ether oxygens (including phenoxy) is 1. The number of halogens is 3. The van der Waals surface area contributed by atoms with E-state index in [0.29, 0.717) is 12.3 Å². The van der Waals surface area contributed by atoms with E-state index in [1.807, 2.05) is 12.1 Å². The summed E-state index contributed by atoms with van der Waals surface area (Å²) in [7, 11) is 1.55. The Bertz CT molecular complexity index is 822. The standard InChI is InChI=1S/C18H22N2O2.C2HF3O2/c1-22-18-9-8-14(12-17(18)21)13-19-15-6-2-3-7-16(15)20-10-4-5-11-20;3-2(4,5)1(6)7/h2-3,6-9,12,19,21H,4-5,10-11,13H2,1H3;(H,6,7). The van der Waals surface area contributed by atoms with E-state index >= 15 is 0 Å². The van der Waals surface area contributed by atoms with Crippen LogP contribution in [0.15, 0.2) is 42.5 Å². The van der Waals surface area contributed by atoms with E-state index in [-0.39, 0.29) is 5.75 Å². The number of carbonyl (C=O) groups is 1. The van der Waals surface area contributed by atoms with Crippen molar-refractivity contribution in [1.82, 2.24) is 0 Å². The van der Waals surface area contributed by atoms with E-state index in [4.69, 9.17) is 14.6 Å². The van der Waals surface area contributed by atoms with Crippen molar-refractivity contribution in [3.63, 3.8) is 0 Å². The molecular weight excluding hydrogens is 389 g/mol. The molecule has 158 valence electrons. The second kappa shape index (κ2) is 9.90. The molecule has 2 aromatic rings. The molecule has 0 unspecified atom stereocenters. The number of nitrogens with one attached hydrogen (secondary N) is 1. The van der Waals surface area contributed by atoms with Crippen LogP contribution in [0.4, 0.5) is 24.5 Å². The highest BCUT2D eigenvalue weighted by atomic mass is 19.4. The Labute approximate surface area is 166 Å². The second-order valence-corrected chi connectivity index (χ2v) is 6.37. The molecule has 0 aliphatic carbocycles. The van der Waals surface area contributed by atoms with Gasteiger partial charge < -0.3 is 25.2 Å². The molecular formula is C20H23F3N2O4. The topological polar surface area (TPSA) is 82.0 Å². The Morgan fingerprint density at radius 3 is 2.34 bits per heavy atom. The van der Waals surface area contributed by atoms with Gasteiger partial charge in [0.2, 0.25) is 0 Å². The number of methoxy groups -OCH3 is 1. The third-order valence-electron chi connectivity index (χ3n) is 4.32. The van der Waals surface area contributed by atoms with Gasteiger partial charge in [-0.3, -0.25) is 0 Å². The monoisotopic (exact) mass is 412 g/mol. The highest BCUT2D eigenvalue weighted by Crippen LogP contribution is 2.30. The summed E-state index contributed by atoms with van der Waals surface area (Å²) in [4.78, 5) is 11.3. The van der Waals surface area contributed by atoms with Gasteiger partial charge in [0.15, 0.2) is 11.5 Å². The summed E-state index contributed by atoms with van der Waals surface area (Å²) in [6.45, 7) is 2.92. The number of nitrogens with zero attached hydrogens (tertiary/aromatic N) is 1. The van der Waals surface area contributed by atoms with E-state index in [2.05, 4.69) is 28.4 Å².